The summed E-state index contributed by atoms with van der Waals surface area (Å²) >= 11 is 0. The normalized spacial score (nSPS) is 11.5. The highest BCUT2D eigenvalue weighted by molar-refractivity contribution is 6.18. The summed E-state index contributed by atoms with van der Waals surface area (Å²) in [6, 6.07) is 71.7. The lowest BCUT2D eigenvalue weighted by Crippen LogP contribution is -2.11. The summed E-state index contributed by atoms with van der Waals surface area (Å²) in [7, 11) is 0. The average molecular weight is 664 g/mol. The van der Waals surface area contributed by atoms with Crippen LogP contribution in [0.3, 0.4) is 0 Å². The van der Waals surface area contributed by atoms with Gasteiger partial charge in [0.05, 0.1) is 5.69 Å². The van der Waals surface area contributed by atoms with E-state index < -0.39 is 0 Å². The van der Waals surface area contributed by atoms with Crippen LogP contribution in [-0.4, -0.2) is 0 Å². The highest BCUT2D eigenvalue weighted by Gasteiger charge is 2.20. The maximum absolute atomic E-state index is 6.48. The lowest BCUT2D eigenvalue weighted by molar-refractivity contribution is 0.672. The molecule has 10 aromatic rings. The molecule has 0 aliphatic rings. The number of hydrogen-bond acceptors (Lipinski definition) is 2. The second kappa shape index (κ2) is 12.5. The zero-order chi connectivity index (χ0) is 34.4. The Balaban J connectivity index is 1.14. The van der Waals surface area contributed by atoms with E-state index in [4.69, 9.17) is 4.42 Å². The van der Waals surface area contributed by atoms with Crippen LogP contribution in [-0.2, 0) is 0 Å². The van der Waals surface area contributed by atoms with E-state index >= 15 is 0 Å². The molecule has 0 aliphatic heterocycles. The van der Waals surface area contributed by atoms with Crippen molar-refractivity contribution in [1.29, 1.82) is 0 Å². The number of para-hydroxylation sites is 2. The van der Waals surface area contributed by atoms with Crippen molar-refractivity contribution >= 4 is 60.5 Å². The van der Waals surface area contributed by atoms with Crippen LogP contribution >= 0.6 is 0 Å². The predicted octanol–water partition coefficient (Wildman–Crippen LogP) is 14.4. The molecule has 0 unspecified atom stereocenters. The zero-order valence-electron chi connectivity index (χ0n) is 28.4. The van der Waals surface area contributed by atoms with E-state index in [-0.39, 0.29) is 0 Å². The third-order valence-corrected chi connectivity index (χ3v) is 10.3. The molecular formula is C50H33NO. The first kappa shape index (κ1) is 30.0. The third kappa shape index (κ3) is 5.04. The van der Waals surface area contributed by atoms with E-state index in [0.29, 0.717) is 0 Å². The maximum atomic E-state index is 6.48. The van der Waals surface area contributed by atoms with E-state index in [9.17, 15) is 0 Å². The predicted molar refractivity (Wildman–Crippen MR) is 220 cm³/mol. The van der Waals surface area contributed by atoms with Crippen LogP contribution in [0.2, 0.25) is 0 Å². The molecule has 1 heterocycles. The van der Waals surface area contributed by atoms with Crippen molar-refractivity contribution in [3.63, 3.8) is 0 Å². The van der Waals surface area contributed by atoms with Gasteiger partial charge < -0.3 is 9.32 Å². The number of anilines is 3. The van der Waals surface area contributed by atoms with Crippen molar-refractivity contribution in [3.05, 3.63) is 200 Å². The molecule has 9 aromatic carbocycles. The minimum absolute atomic E-state index is 0.910. The lowest BCUT2D eigenvalue weighted by atomic mass is 9.94. The van der Waals surface area contributed by atoms with Crippen LogP contribution in [0.4, 0.5) is 17.1 Å². The fourth-order valence-electron chi connectivity index (χ4n) is 7.80. The molecule has 0 atom stereocenters. The summed E-state index contributed by atoms with van der Waals surface area (Å²) in [4.78, 5) is 2.38. The minimum atomic E-state index is 0.910. The van der Waals surface area contributed by atoms with E-state index in [1.165, 1.54) is 33.0 Å². The van der Waals surface area contributed by atoms with Gasteiger partial charge in [0.2, 0.25) is 0 Å². The van der Waals surface area contributed by atoms with Gasteiger partial charge in [0, 0.05) is 33.1 Å². The fourth-order valence-corrected chi connectivity index (χ4v) is 7.80. The molecular weight excluding hydrogens is 631 g/mol. The number of benzene rings is 9. The van der Waals surface area contributed by atoms with Gasteiger partial charge in [-0.2, -0.15) is 0 Å². The summed E-state index contributed by atoms with van der Waals surface area (Å²) in [6.07, 6.45) is 0. The molecule has 0 radical (unpaired) electrons. The van der Waals surface area contributed by atoms with Crippen LogP contribution in [0.15, 0.2) is 205 Å². The number of rotatable bonds is 6. The van der Waals surface area contributed by atoms with Crippen LogP contribution < -0.4 is 4.90 Å². The van der Waals surface area contributed by atoms with Gasteiger partial charge in [-0.3, -0.25) is 0 Å². The quantitative estimate of drug-likeness (QED) is 0.176. The Kier molecular flexibility index (Phi) is 7.18. The molecule has 10 rings (SSSR count). The Hall–Kier alpha value is -6.90. The van der Waals surface area contributed by atoms with Gasteiger partial charge in [0.1, 0.15) is 11.2 Å². The molecule has 1 aromatic heterocycles. The summed E-state index contributed by atoms with van der Waals surface area (Å²) in [5.74, 6) is 0. The summed E-state index contributed by atoms with van der Waals surface area (Å²) < 4.78 is 6.48. The average Bonchev–Trinajstić information content (AvgIpc) is 3.61. The van der Waals surface area contributed by atoms with E-state index in [1.807, 2.05) is 12.1 Å². The van der Waals surface area contributed by atoms with Gasteiger partial charge in [0.25, 0.3) is 0 Å². The molecule has 52 heavy (non-hydrogen) atoms. The Morgan fingerprint density at radius 1 is 0.308 bits per heavy atom. The van der Waals surface area contributed by atoms with Crippen LogP contribution in [0.1, 0.15) is 0 Å². The Morgan fingerprint density at radius 3 is 1.67 bits per heavy atom. The molecule has 0 saturated heterocycles. The molecule has 0 fully saturated rings. The first-order valence-electron chi connectivity index (χ1n) is 17.8. The van der Waals surface area contributed by atoms with Gasteiger partial charge in [-0.25, -0.2) is 0 Å². The second-order valence-corrected chi connectivity index (χ2v) is 13.3. The van der Waals surface area contributed by atoms with Crippen LogP contribution in [0.25, 0.3) is 76.9 Å². The van der Waals surface area contributed by atoms with E-state index in [1.54, 1.807) is 0 Å². The molecule has 0 saturated carbocycles. The molecule has 0 bridgehead atoms. The summed E-state index contributed by atoms with van der Waals surface area (Å²) in [5, 5.41) is 7.05. The van der Waals surface area contributed by atoms with Crippen molar-refractivity contribution in [2.45, 2.75) is 0 Å². The van der Waals surface area contributed by atoms with E-state index in [2.05, 4.69) is 193 Å². The fraction of sp³-hybridized carbons (Fsp3) is 0. The van der Waals surface area contributed by atoms with Gasteiger partial charge in [-0.15, -0.1) is 0 Å². The van der Waals surface area contributed by atoms with Crippen molar-refractivity contribution in [2.24, 2.45) is 0 Å². The van der Waals surface area contributed by atoms with Crippen LogP contribution in [0, 0.1) is 0 Å². The largest absolute Gasteiger partial charge is 0.455 e. The topological polar surface area (TPSA) is 16.4 Å². The van der Waals surface area contributed by atoms with Crippen molar-refractivity contribution in [3.8, 4) is 33.4 Å². The third-order valence-electron chi connectivity index (χ3n) is 10.3. The van der Waals surface area contributed by atoms with Gasteiger partial charge in [0.15, 0.2) is 0 Å². The molecule has 0 N–H and O–H groups in total. The van der Waals surface area contributed by atoms with Crippen molar-refractivity contribution in [1.82, 2.24) is 0 Å². The monoisotopic (exact) mass is 663 g/mol. The SMILES string of the molecule is c1ccc(-c2ccc(N(c3ccc(-c4cccc5ccccc45)cc3)c3ccccc3-c3cccc4c3ccc3c5ccccc5oc43)cc2)cc1. The molecule has 2 heteroatoms. The van der Waals surface area contributed by atoms with Gasteiger partial charge in [-0.1, -0.05) is 158 Å². The smallest absolute Gasteiger partial charge is 0.143 e. The standard InChI is InChI=1S/C50H33NO/c1-2-12-34(13-3-1)35-24-28-38(29-25-35)51(39-30-26-37(27-31-39)41-19-10-15-36-14-4-5-16-40(36)41)48-22-8-6-17-44(48)42-20-11-21-46-43(42)32-33-47-45-18-7-9-23-49(45)52-50(46)47/h1-33H. The van der Waals surface area contributed by atoms with Gasteiger partial charge in [-0.05, 0) is 86.4 Å². The summed E-state index contributed by atoms with van der Waals surface area (Å²) in [5.41, 5.74) is 12.2. The van der Waals surface area contributed by atoms with Crippen LogP contribution in [0.5, 0.6) is 0 Å². The molecule has 0 amide bonds. The van der Waals surface area contributed by atoms with Crippen molar-refractivity contribution in [2.75, 3.05) is 4.90 Å². The Labute approximate surface area is 302 Å². The maximum Gasteiger partial charge on any atom is 0.143 e. The minimum Gasteiger partial charge on any atom is -0.455 e. The molecule has 2 nitrogen and oxygen atoms in total. The first-order valence-corrected chi connectivity index (χ1v) is 17.8. The number of nitrogens with zero attached hydrogens (tertiary/aromatic N) is 1. The molecule has 0 aliphatic carbocycles. The summed E-state index contributed by atoms with van der Waals surface area (Å²) in [6.45, 7) is 0. The number of hydrogen-bond donors (Lipinski definition) is 0. The highest BCUT2D eigenvalue weighted by atomic mass is 16.3. The number of fused-ring (bicyclic) bond motifs is 6. The van der Waals surface area contributed by atoms with E-state index in [0.717, 1.165) is 60.9 Å². The highest BCUT2D eigenvalue weighted by Crippen LogP contribution is 2.45. The van der Waals surface area contributed by atoms with Gasteiger partial charge >= 0.3 is 0 Å². The Morgan fingerprint density at radius 2 is 0.846 bits per heavy atom. The first-order chi connectivity index (χ1) is 25.8. The lowest BCUT2D eigenvalue weighted by Gasteiger charge is -2.28. The number of furan rings is 1. The van der Waals surface area contributed by atoms with Crippen molar-refractivity contribution < 1.29 is 4.42 Å². The Bertz CT molecular complexity index is 2880. The zero-order valence-corrected chi connectivity index (χ0v) is 28.4. The molecule has 0 spiro atoms. The second-order valence-electron chi connectivity index (χ2n) is 13.3. The molecule has 244 valence electrons.